The Hall–Kier alpha value is -1.06. The number of fused-ring (bicyclic) bond motifs is 1. The molecule has 1 aliphatic rings. The van der Waals surface area contributed by atoms with Gasteiger partial charge in [-0.3, -0.25) is 4.79 Å². The van der Waals surface area contributed by atoms with Crippen LogP contribution in [0.3, 0.4) is 0 Å². The molecule has 0 aliphatic heterocycles. The Morgan fingerprint density at radius 3 is 3.06 bits per heavy atom. The van der Waals surface area contributed by atoms with Gasteiger partial charge in [0.2, 0.25) is 5.91 Å². The molecule has 4 heteroatoms. The molecule has 17 heavy (non-hydrogen) atoms. The van der Waals surface area contributed by atoms with E-state index in [4.69, 9.17) is 11.6 Å². The van der Waals surface area contributed by atoms with Crippen LogP contribution in [0, 0.1) is 6.92 Å². The van der Waals surface area contributed by atoms with Gasteiger partial charge in [-0.2, -0.15) is 0 Å². The first-order valence-corrected chi connectivity index (χ1v) is 6.28. The minimum Gasteiger partial charge on any atom is -0.386 e. The monoisotopic (exact) mass is 253 g/mol. The topological polar surface area (TPSA) is 49.3 Å². The minimum atomic E-state index is -0.634. The normalized spacial score (nSPS) is 23.0. The molecular weight excluding hydrogens is 238 g/mol. The lowest BCUT2D eigenvalue weighted by atomic mass is 9.85. The van der Waals surface area contributed by atoms with Gasteiger partial charge in [0.15, 0.2) is 0 Å². The second kappa shape index (κ2) is 5.07. The highest BCUT2D eigenvalue weighted by molar-refractivity contribution is 6.27. The molecule has 0 saturated heterocycles. The first kappa shape index (κ1) is 12.4. The summed E-state index contributed by atoms with van der Waals surface area (Å²) in [5.41, 5.74) is 3.21. The van der Waals surface area contributed by atoms with Gasteiger partial charge in [-0.05, 0) is 30.9 Å². The Kier molecular flexibility index (Phi) is 3.69. The van der Waals surface area contributed by atoms with Crippen LogP contribution in [0.15, 0.2) is 18.2 Å². The van der Waals surface area contributed by atoms with E-state index in [0.717, 1.165) is 24.0 Å². The number of carbonyl (C=O) groups is 1. The van der Waals surface area contributed by atoms with Crippen molar-refractivity contribution >= 4 is 17.5 Å². The van der Waals surface area contributed by atoms with E-state index in [1.807, 2.05) is 25.1 Å². The molecule has 0 saturated carbocycles. The van der Waals surface area contributed by atoms with Gasteiger partial charge < -0.3 is 10.4 Å². The number of hydrogen-bond donors (Lipinski definition) is 2. The SMILES string of the molecule is Cc1ccc2c(c1)[C@@H](O)[C@H](NC(=O)CCl)CC2. The Morgan fingerprint density at radius 2 is 2.35 bits per heavy atom. The summed E-state index contributed by atoms with van der Waals surface area (Å²) in [6.45, 7) is 1.99. The van der Waals surface area contributed by atoms with Crippen LogP contribution in [0.1, 0.15) is 29.2 Å². The molecule has 0 spiro atoms. The maximum atomic E-state index is 11.3. The van der Waals surface area contributed by atoms with E-state index in [1.165, 1.54) is 5.56 Å². The number of aliphatic hydroxyl groups is 1. The number of alkyl halides is 1. The summed E-state index contributed by atoms with van der Waals surface area (Å²) in [6, 6.07) is 5.85. The average molecular weight is 254 g/mol. The van der Waals surface area contributed by atoms with Crippen LogP contribution < -0.4 is 5.32 Å². The second-order valence-electron chi connectivity index (χ2n) is 4.49. The summed E-state index contributed by atoms with van der Waals surface area (Å²) in [5.74, 6) is -0.295. The predicted octanol–water partition coefficient (Wildman–Crippen LogP) is 1.70. The van der Waals surface area contributed by atoms with E-state index in [1.54, 1.807) is 0 Å². The summed E-state index contributed by atoms with van der Waals surface area (Å²) >= 11 is 5.45. The van der Waals surface area contributed by atoms with E-state index in [2.05, 4.69) is 5.32 Å². The van der Waals surface area contributed by atoms with Crippen LogP contribution in [0.25, 0.3) is 0 Å². The lowest BCUT2D eigenvalue weighted by molar-refractivity contribution is -0.120. The summed E-state index contributed by atoms with van der Waals surface area (Å²) in [6.07, 6.45) is 0.991. The summed E-state index contributed by atoms with van der Waals surface area (Å²) in [4.78, 5) is 11.3. The van der Waals surface area contributed by atoms with Gasteiger partial charge in [0.1, 0.15) is 5.88 Å². The maximum absolute atomic E-state index is 11.3. The van der Waals surface area contributed by atoms with Crippen molar-refractivity contribution < 1.29 is 9.90 Å². The zero-order chi connectivity index (χ0) is 12.4. The number of hydrogen-bond acceptors (Lipinski definition) is 2. The van der Waals surface area contributed by atoms with Gasteiger partial charge in [-0.25, -0.2) is 0 Å². The molecule has 3 nitrogen and oxygen atoms in total. The summed E-state index contributed by atoms with van der Waals surface area (Å²) in [5, 5.41) is 13.0. The van der Waals surface area contributed by atoms with Crippen molar-refractivity contribution in [2.75, 3.05) is 5.88 Å². The molecular formula is C13H16ClNO2. The first-order valence-electron chi connectivity index (χ1n) is 5.74. The molecule has 92 valence electrons. The molecule has 2 rings (SSSR count). The molecule has 2 N–H and O–H groups in total. The lowest BCUT2D eigenvalue weighted by Gasteiger charge is -2.30. The van der Waals surface area contributed by atoms with Crippen molar-refractivity contribution in [1.82, 2.24) is 5.32 Å². The fourth-order valence-corrected chi connectivity index (χ4v) is 2.38. The van der Waals surface area contributed by atoms with Crippen molar-refractivity contribution in [2.45, 2.75) is 31.9 Å². The van der Waals surface area contributed by atoms with Crippen LogP contribution in [-0.2, 0) is 11.2 Å². The molecule has 1 aromatic carbocycles. The van der Waals surface area contributed by atoms with E-state index in [9.17, 15) is 9.90 Å². The van der Waals surface area contributed by atoms with Crippen molar-refractivity contribution in [3.63, 3.8) is 0 Å². The van der Waals surface area contributed by atoms with E-state index >= 15 is 0 Å². The Labute approximate surface area is 106 Å². The van der Waals surface area contributed by atoms with Gasteiger partial charge in [-0.1, -0.05) is 23.8 Å². The smallest absolute Gasteiger partial charge is 0.235 e. The fraction of sp³-hybridized carbons (Fsp3) is 0.462. The van der Waals surface area contributed by atoms with Crippen molar-refractivity contribution in [3.8, 4) is 0 Å². The molecule has 0 aromatic heterocycles. The molecule has 0 radical (unpaired) electrons. The number of aliphatic hydroxyl groups excluding tert-OH is 1. The molecule has 1 aliphatic carbocycles. The number of carbonyl (C=O) groups excluding carboxylic acids is 1. The largest absolute Gasteiger partial charge is 0.386 e. The van der Waals surface area contributed by atoms with Gasteiger partial charge in [0.05, 0.1) is 12.1 Å². The molecule has 2 atom stereocenters. The second-order valence-corrected chi connectivity index (χ2v) is 4.76. The molecule has 0 fully saturated rings. The highest BCUT2D eigenvalue weighted by Crippen LogP contribution is 2.30. The Balaban J connectivity index is 2.20. The number of rotatable bonds is 2. The highest BCUT2D eigenvalue weighted by Gasteiger charge is 2.28. The van der Waals surface area contributed by atoms with Crippen LogP contribution in [0.4, 0.5) is 0 Å². The average Bonchev–Trinajstić information content (AvgIpc) is 2.33. The van der Waals surface area contributed by atoms with E-state index < -0.39 is 6.10 Å². The van der Waals surface area contributed by atoms with Crippen molar-refractivity contribution in [3.05, 3.63) is 34.9 Å². The molecule has 0 bridgehead atoms. The minimum absolute atomic E-state index is 0.0656. The van der Waals surface area contributed by atoms with Crippen LogP contribution in [0.2, 0.25) is 0 Å². The third-order valence-electron chi connectivity index (χ3n) is 3.19. The predicted molar refractivity (Wildman–Crippen MR) is 67.1 cm³/mol. The van der Waals surface area contributed by atoms with E-state index in [-0.39, 0.29) is 17.8 Å². The van der Waals surface area contributed by atoms with Gasteiger partial charge >= 0.3 is 0 Å². The lowest BCUT2D eigenvalue weighted by Crippen LogP contribution is -2.42. The number of amides is 1. The first-order chi connectivity index (χ1) is 8.11. The summed E-state index contributed by atoms with van der Waals surface area (Å²) in [7, 11) is 0. The Bertz CT molecular complexity index is 433. The maximum Gasteiger partial charge on any atom is 0.235 e. The van der Waals surface area contributed by atoms with Gasteiger partial charge in [-0.15, -0.1) is 11.6 Å². The summed E-state index contributed by atoms with van der Waals surface area (Å²) < 4.78 is 0. The quantitative estimate of drug-likeness (QED) is 0.789. The third-order valence-corrected chi connectivity index (χ3v) is 3.44. The number of aryl methyl sites for hydroxylation is 2. The van der Waals surface area contributed by atoms with E-state index in [0.29, 0.717) is 0 Å². The number of benzene rings is 1. The highest BCUT2D eigenvalue weighted by atomic mass is 35.5. The molecule has 0 unspecified atom stereocenters. The van der Waals surface area contributed by atoms with Crippen LogP contribution in [-0.4, -0.2) is 22.9 Å². The third kappa shape index (κ3) is 2.61. The molecule has 0 heterocycles. The van der Waals surface area contributed by atoms with Gasteiger partial charge in [0.25, 0.3) is 0 Å². The molecule has 1 amide bonds. The van der Waals surface area contributed by atoms with Gasteiger partial charge in [0, 0.05) is 0 Å². The zero-order valence-corrected chi connectivity index (χ0v) is 10.5. The Morgan fingerprint density at radius 1 is 1.59 bits per heavy atom. The van der Waals surface area contributed by atoms with Crippen molar-refractivity contribution in [2.24, 2.45) is 0 Å². The number of nitrogens with one attached hydrogen (secondary N) is 1. The van der Waals surface area contributed by atoms with Crippen LogP contribution >= 0.6 is 11.6 Å². The van der Waals surface area contributed by atoms with Crippen LogP contribution in [0.5, 0.6) is 0 Å². The molecule has 1 aromatic rings. The van der Waals surface area contributed by atoms with Crippen molar-refractivity contribution in [1.29, 1.82) is 0 Å². The zero-order valence-electron chi connectivity index (χ0n) is 9.74. The standard InChI is InChI=1S/C13H16ClNO2/c1-8-2-3-9-4-5-11(15-12(16)7-14)13(17)10(9)6-8/h2-3,6,11,13,17H,4-5,7H2,1H3,(H,15,16)/t11-,13-/m1/s1. The number of halogens is 1. The fourth-order valence-electron chi connectivity index (χ4n) is 2.30.